The third-order valence-corrected chi connectivity index (χ3v) is 5.30. The maximum absolute atomic E-state index is 9.10. The Labute approximate surface area is 109 Å². The Hall–Kier alpha value is 0.0300. The summed E-state index contributed by atoms with van der Waals surface area (Å²) < 4.78 is 0.260. The fraction of sp³-hybridized carbons (Fsp3) is 0.700. The number of rotatable bonds is 2. The van der Waals surface area contributed by atoms with Gasteiger partial charge in [-0.05, 0) is 13.8 Å². The van der Waals surface area contributed by atoms with Crippen molar-refractivity contribution in [2.75, 3.05) is 23.7 Å². The van der Waals surface area contributed by atoms with Gasteiger partial charge in [-0.1, -0.05) is 22.9 Å². The summed E-state index contributed by atoms with van der Waals surface area (Å²) in [7, 11) is 0. The van der Waals surface area contributed by atoms with E-state index in [9.17, 15) is 0 Å². The lowest BCUT2D eigenvalue weighted by Gasteiger charge is -2.37. The van der Waals surface area contributed by atoms with Gasteiger partial charge in [-0.3, -0.25) is 0 Å². The summed E-state index contributed by atoms with van der Waals surface area (Å²) in [6, 6.07) is 0. The quantitative estimate of drug-likeness (QED) is 0.902. The van der Waals surface area contributed by atoms with Gasteiger partial charge in [-0.25, -0.2) is 4.98 Å². The fourth-order valence-electron chi connectivity index (χ4n) is 1.73. The van der Waals surface area contributed by atoms with Crippen LogP contribution in [0.3, 0.4) is 0 Å². The van der Waals surface area contributed by atoms with E-state index in [0.29, 0.717) is 5.15 Å². The molecule has 0 aliphatic carbocycles. The molecule has 0 bridgehead atoms. The summed E-state index contributed by atoms with van der Waals surface area (Å²) in [4.78, 5) is 7.32. The molecule has 0 radical (unpaired) electrons. The van der Waals surface area contributed by atoms with Gasteiger partial charge in [0, 0.05) is 23.6 Å². The predicted octanol–water partition coefficient (Wildman–Crippen LogP) is 2.62. The Kier molecular flexibility index (Phi) is 3.69. The molecule has 3 nitrogen and oxygen atoms in total. The molecule has 1 N–H and O–H groups in total. The summed E-state index contributed by atoms with van der Waals surface area (Å²) in [5.74, 6) is 1.11. The summed E-state index contributed by atoms with van der Waals surface area (Å²) in [6.07, 6.45) is 0. The highest BCUT2D eigenvalue weighted by molar-refractivity contribution is 8.00. The van der Waals surface area contributed by atoms with Crippen LogP contribution in [0.15, 0.2) is 0 Å². The summed E-state index contributed by atoms with van der Waals surface area (Å²) in [5, 5.41) is 10.5. The molecule has 1 aliphatic heterocycles. The minimum Gasteiger partial charge on any atom is -0.391 e. The molecule has 16 heavy (non-hydrogen) atoms. The zero-order valence-electron chi connectivity index (χ0n) is 9.36. The van der Waals surface area contributed by atoms with Gasteiger partial charge in [0.1, 0.15) is 5.15 Å². The van der Waals surface area contributed by atoms with Gasteiger partial charge in [0.15, 0.2) is 5.13 Å². The third kappa shape index (κ3) is 2.64. The van der Waals surface area contributed by atoms with Gasteiger partial charge in [-0.15, -0.1) is 0 Å². The summed E-state index contributed by atoms with van der Waals surface area (Å²) in [5.41, 5.74) is 0. The van der Waals surface area contributed by atoms with Crippen molar-refractivity contribution in [3.63, 3.8) is 0 Å². The Morgan fingerprint density at radius 3 is 2.88 bits per heavy atom. The van der Waals surface area contributed by atoms with Crippen molar-refractivity contribution in [3.05, 3.63) is 10.0 Å². The lowest BCUT2D eigenvalue weighted by Crippen LogP contribution is -2.43. The van der Waals surface area contributed by atoms with Crippen LogP contribution in [0.1, 0.15) is 18.7 Å². The molecule has 1 fully saturated rings. The maximum Gasteiger partial charge on any atom is 0.187 e. The van der Waals surface area contributed by atoms with Crippen molar-refractivity contribution in [1.82, 2.24) is 4.98 Å². The van der Waals surface area contributed by atoms with Crippen LogP contribution in [0.4, 0.5) is 5.13 Å². The van der Waals surface area contributed by atoms with E-state index in [1.807, 2.05) is 11.8 Å². The smallest absolute Gasteiger partial charge is 0.187 e. The maximum atomic E-state index is 9.10. The predicted molar refractivity (Wildman–Crippen MR) is 71.8 cm³/mol. The number of hydrogen-bond donors (Lipinski definition) is 1. The van der Waals surface area contributed by atoms with Crippen LogP contribution < -0.4 is 4.90 Å². The first-order chi connectivity index (χ1) is 7.52. The fourth-order valence-corrected chi connectivity index (χ4v) is 3.99. The van der Waals surface area contributed by atoms with Gasteiger partial charge in [0.25, 0.3) is 0 Å². The number of aromatic nitrogens is 1. The molecule has 90 valence electrons. The van der Waals surface area contributed by atoms with Gasteiger partial charge in [0.05, 0.1) is 11.5 Å². The van der Waals surface area contributed by atoms with E-state index in [1.54, 1.807) is 0 Å². The summed E-state index contributed by atoms with van der Waals surface area (Å²) in [6.45, 7) is 6.44. The Bertz CT molecular complexity index is 381. The molecule has 2 heterocycles. The second-order valence-electron chi connectivity index (χ2n) is 4.40. The van der Waals surface area contributed by atoms with Crippen molar-refractivity contribution in [2.24, 2.45) is 0 Å². The molecule has 0 spiro atoms. The van der Waals surface area contributed by atoms with Crippen LogP contribution in [0.2, 0.25) is 5.15 Å². The molecule has 1 aromatic rings. The number of aliphatic hydroxyl groups is 1. The standard InChI is InChI=1S/C10H15ClN2OS2/c1-10(2)6-13(3-4-15-10)9-12-8(11)7(5-14)16-9/h14H,3-6H2,1-2H3. The number of thioether (sulfide) groups is 1. The molecule has 1 aromatic heterocycles. The Morgan fingerprint density at radius 2 is 2.31 bits per heavy atom. The first kappa shape index (κ1) is 12.5. The topological polar surface area (TPSA) is 36.4 Å². The zero-order chi connectivity index (χ0) is 11.8. The molecule has 6 heteroatoms. The van der Waals surface area contributed by atoms with E-state index in [0.717, 1.165) is 28.9 Å². The largest absolute Gasteiger partial charge is 0.391 e. The second kappa shape index (κ2) is 4.72. The van der Waals surface area contributed by atoms with Crippen molar-refractivity contribution < 1.29 is 5.11 Å². The van der Waals surface area contributed by atoms with Crippen molar-refractivity contribution in [2.45, 2.75) is 25.2 Å². The number of nitrogens with zero attached hydrogens (tertiary/aromatic N) is 2. The molecule has 1 aliphatic rings. The first-order valence-electron chi connectivity index (χ1n) is 5.17. The van der Waals surface area contributed by atoms with Crippen molar-refractivity contribution >= 4 is 39.8 Å². The lowest BCUT2D eigenvalue weighted by atomic mass is 10.2. The van der Waals surface area contributed by atoms with Gasteiger partial charge in [0.2, 0.25) is 0 Å². The van der Waals surface area contributed by atoms with Crippen LogP contribution in [0.25, 0.3) is 0 Å². The SMILES string of the molecule is CC1(C)CN(c2nc(Cl)c(CO)s2)CCS1. The number of aliphatic hydroxyl groups excluding tert-OH is 1. The van der Waals surface area contributed by atoms with Gasteiger partial charge >= 0.3 is 0 Å². The third-order valence-electron chi connectivity index (χ3n) is 2.48. The molecule has 2 rings (SSSR count). The number of anilines is 1. The highest BCUT2D eigenvalue weighted by Crippen LogP contribution is 2.35. The molecule has 0 aromatic carbocycles. The van der Waals surface area contributed by atoms with Crippen molar-refractivity contribution in [3.8, 4) is 0 Å². The number of hydrogen-bond acceptors (Lipinski definition) is 5. The molecule has 0 atom stereocenters. The van der Waals surface area contributed by atoms with Gasteiger partial charge < -0.3 is 10.0 Å². The van der Waals surface area contributed by atoms with Crippen LogP contribution in [0.5, 0.6) is 0 Å². The molecule has 1 saturated heterocycles. The van der Waals surface area contributed by atoms with Crippen LogP contribution in [0, 0.1) is 0 Å². The second-order valence-corrected chi connectivity index (χ2v) is 7.62. The van der Waals surface area contributed by atoms with E-state index in [1.165, 1.54) is 11.3 Å². The zero-order valence-corrected chi connectivity index (χ0v) is 11.8. The number of halogens is 1. The molecule has 0 saturated carbocycles. The number of thiazole rings is 1. The molecular formula is C10H15ClN2OS2. The summed E-state index contributed by atoms with van der Waals surface area (Å²) >= 11 is 9.42. The van der Waals surface area contributed by atoms with Crippen LogP contribution >= 0.6 is 34.7 Å². The van der Waals surface area contributed by atoms with Crippen molar-refractivity contribution in [1.29, 1.82) is 0 Å². The average Bonchev–Trinajstić information content (AvgIpc) is 2.58. The highest BCUT2D eigenvalue weighted by Gasteiger charge is 2.28. The van der Waals surface area contributed by atoms with Crippen LogP contribution in [-0.2, 0) is 6.61 Å². The van der Waals surface area contributed by atoms with E-state index < -0.39 is 0 Å². The minimum atomic E-state index is -0.0253. The normalized spacial score (nSPS) is 20.1. The van der Waals surface area contributed by atoms with E-state index >= 15 is 0 Å². The van der Waals surface area contributed by atoms with E-state index in [2.05, 4.69) is 23.7 Å². The molecule has 0 amide bonds. The Balaban J connectivity index is 2.17. The monoisotopic (exact) mass is 278 g/mol. The highest BCUT2D eigenvalue weighted by atomic mass is 35.5. The van der Waals surface area contributed by atoms with Gasteiger partial charge in [-0.2, -0.15) is 11.8 Å². The lowest BCUT2D eigenvalue weighted by molar-refractivity contribution is 0.285. The molecular weight excluding hydrogens is 264 g/mol. The van der Waals surface area contributed by atoms with E-state index in [4.69, 9.17) is 16.7 Å². The Morgan fingerprint density at radius 1 is 1.56 bits per heavy atom. The first-order valence-corrected chi connectivity index (χ1v) is 7.35. The van der Waals surface area contributed by atoms with Crippen LogP contribution in [-0.4, -0.2) is 33.7 Å². The molecule has 0 unspecified atom stereocenters. The average molecular weight is 279 g/mol. The van der Waals surface area contributed by atoms with E-state index in [-0.39, 0.29) is 11.4 Å². The minimum absolute atomic E-state index is 0.0253.